The van der Waals surface area contributed by atoms with Crippen molar-refractivity contribution in [2.24, 2.45) is 0 Å². The lowest BCUT2D eigenvalue weighted by atomic mass is 10.2. The van der Waals surface area contributed by atoms with E-state index >= 15 is 0 Å². The average Bonchev–Trinajstić information content (AvgIpc) is 3.45. The number of benzene rings is 1. The number of carbonyl (C=O) groups is 1. The molecule has 0 bridgehead atoms. The van der Waals surface area contributed by atoms with Gasteiger partial charge in [0.05, 0.1) is 15.6 Å². The quantitative estimate of drug-likeness (QED) is 0.562. The molecule has 8 nitrogen and oxygen atoms in total. The Kier molecular flexibility index (Phi) is 6.05. The number of anilines is 2. The van der Waals surface area contributed by atoms with Gasteiger partial charge in [0.25, 0.3) is 0 Å². The van der Waals surface area contributed by atoms with Gasteiger partial charge in [0.1, 0.15) is 17.9 Å². The summed E-state index contributed by atoms with van der Waals surface area (Å²) in [4.78, 5) is 30.9. The van der Waals surface area contributed by atoms with Crippen LogP contribution in [0.15, 0.2) is 36.8 Å². The Morgan fingerprint density at radius 2 is 1.83 bits per heavy atom. The number of nitrogens with zero attached hydrogens (tertiary/aromatic N) is 5. The number of alkyl halides is 3. The molecule has 1 aliphatic carbocycles. The van der Waals surface area contributed by atoms with Gasteiger partial charge in [0.2, 0.25) is 0 Å². The normalized spacial score (nSPS) is 15.6. The summed E-state index contributed by atoms with van der Waals surface area (Å²) in [5.74, 6) is 0.510. The minimum atomic E-state index is -4.76. The van der Waals surface area contributed by atoms with Crippen molar-refractivity contribution < 1.29 is 22.7 Å². The molecule has 1 saturated heterocycles. The lowest BCUT2D eigenvalue weighted by molar-refractivity contribution is -0.274. The number of thiazole rings is 1. The number of hydrogen-bond donors (Lipinski definition) is 1. The second kappa shape index (κ2) is 9.17. The summed E-state index contributed by atoms with van der Waals surface area (Å²) < 4.78 is 40.8. The first-order valence-electron chi connectivity index (χ1n) is 10.9. The van der Waals surface area contributed by atoms with E-state index in [1.165, 1.54) is 17.7 Å². The van der Waals surface area contributed by atoms with Crippen LogP contribution in [0, 0.1) is 6.92 Å². The number of carbonyl (C=O) groups excluding carboxylic acids is 1. The Bertz CT molecular complexity index is 1270. The lowest BCUT2D eigenvalue weighted by Crippen LogP contribution is -2.50. The Labute approximate surface area is 203 Å². The molecule has 0 radical (unpaired) electrons. The molecule has 3 aromatic rings. The van der Waals surface area contributed by atoms with E-state index in [1.54, 1.807) is 22.6 Å². The molecular weight excluding hydrogens is 481 g/mol. The second-order valence-corrected chi connectivity index (χ2v) is 9.36. The summed E-state index contributed by atoms with van der Waals surface area (Å²) >= 11 is 1.65. The minimum absolute atomic E-state index is 0.315. The molecular formula is C23H21F3N6O2S. The molecule has 1 aliphatic heterocycles. The van der Waals surface area contributed by atoms with Crippen LogP contribution in [-0.4, -0.2) is 58.4 Å². The van der Waals surface area contributed by atoms with E-state index in [0.717, 1.165) is 45.5 Å². The third-order valence-electron chi connectivity index (χ3n) is 5.77. The van der Waals surface area contributed by atoms with Crippen LogP contribution in [0.3, 0.4) is 0 Å². The van der Waals surface area contributed by atoms with Crippen LogP contribution in [0.25, 0.3) is 11.6 Å². The molecule has 1 aromatic carbocycles. The summed E-state index contributed by atoms with van der Waals surface area (Å²) in [5, 5.41) is 3.73. The predicted molar refractivity (Wildman–Crippen MR) is 126 cm³/mol. The van der Waals surface area contributed by atoms with Crippen LogP contribution >= 0.6 is 11.3 Å². The van der Waals surface area contributed by atoms with Gasteiger partial charge in [-0.15, -0.1) is 24.5 Å². The summed E-state index contributed by atoms with van der Waals surface area (Å²) in [6.45, 7) is 4.13. The number of halogens is 3. The fourth-order valence-corrected chi connectivity index (χ4v) is 4.89. The SMILES string of the molecule is Cc1ncc(C2=Cc3c(ncnc3N3CCN(C(=O)Nc4ccc(OC(F)(F)F)cc4)CC3)C2)s1. The monoisotopic (exact) mass is 502 g/mol. The number of nitrogens with one attached hydrogen (secondary N) is 1. The molecule has 0 saturated carbocycles. The van der Waals surface area contributed by atoms with Gasteiger partial charge in [-0.3, -0.25) is 0 Å². The molecule has 1 fully saturated rings. The fraction of sp³-hybridized carbons (Fsp3) is 0.304. The molecule has 182 valence electrons. The summed E-state index contributed by atoms with van der Waals surface area (Å²) in [6.07, 6.45) is 1.57. The van der Waals surface area contributed by atoms with Crippen molar-refractivity contribution in [1.29, 1.82) is 0 Å². The van der Waals surface area contributed by atoms with Crippen molar-refractivity contribution in [2.75, 3.05) is 36.4 Å². The zero-order chi connectivity index (χ0) is 24.6. The standard InChI is InChI=1S/C23H21F3N6O2S/c1-14-27-12-20(35-14)15-10-18-19(11-15)28-13-29-21(18)31-6-8-32(9-7-31)22(33)30-16-2-4-17(5-3-16)34-23(24,25)26/h2-5,10,12-13H,6-9,11H2,1H3,(H,30,33). The maximum absolute atomic E-state index is 12.7. The van der Waals surface area contributed by atoms with Gasteiger partial charge in [-0.1, -0.05) is 0 Å². The van der Waals surface area contributed by atoms with Crippen LogP contribution < -0.4 is 15.0 Å². The van der Waals surface area contributed by atoms with Gasteiger partial charge in [0, 0.05) is 50.0 Å². The van der Waals surface area contributed by atoms with Crippen molar-refractivity contribution in [3.63, 3.8) is 0 Å². The summed E-state index contributed by atoms with van der Waals surface area (Å²) in [7, 11) is 0. The number of allylic oxidation sites excluding steroid dienone is 1. The van der Waals surface area contributed by atoms with E-state index in [9.17, 15) is 18.0 Å². The Morgan fingerprint density at radius 1 is 1.09 bits per heavy atom. The molecule has 1 N–H and O–H groups in total. The highest BCUT2D eigenvalue weighted by Crippen LogP contribution is 2.36. The van der Waals surface area contributed by atoms with Crippen LogP contribution in [0.4, 0.5) is 29.5 Å². The van der Waals surface area contributed by atoms with Crippen molar-refractivity contribution in [3.05, 3.63) is 57.9 Å². The Balaban J connectivity index is 1.20. The molecule has 12 heteroatoms. The van der Waals surface area contributed by atoms with Crippen LogP contribution in [0.2, 0.25) is 0 Å². The minimum Gasteiger partial charge on any atom is -0.406 e. The largest absolute Gasteiger partial charge is 0.573 e. The molecule has 5 rings (SSSR count). The van der Waals surface area contributed by atoms with Crippen LogP contribution in [0.1, 0.15) is 21.1 Å². The Hall–Kier alpha value is -3.67. The average molecular weight is 503 g/mol. The number of urea groups is 1. The number of hydrogen-bond acceptors (Lipinski definition) is 7. The lowest BCUT2D eigenvalue weighted by Gasteiger charge is -2.35. The predicted octanol–water partition coefficient (Wildman–Crippen LogP) is 4.59. The first-order valence-corrected chi connectivity index (χ1v) is 11.7. The van der Waals surface area contributed by atoms with Crippen molar-refractivity contribution in [1.82, 2.24) is 19.9 Å². The van der Waals surface area contributed by atoms with Gasteiger partial charge >= 0.3 is 12.4 Å². The molecule has 35 heavy (non-hydrogen) atoms. The first kappa shape index (κ1) is 23.1. The zero-order valence-corrected chi connectivity index (χ0v) is 19.5. The van der Waals surface area contributed by atoms with E-state index in [4.69, 9.17) is 0 Å². The zero-order valence-electron chi connectivity index (χ0n) is 18.7. The van der Waals surface area contributed by atoms with Gasteiger partial charge in [-0.2, -0.15) is 0 Å². The van der Waals surface area contributed by atoms with Crippen LogP contribution in [0.5, 0.6) is 5.75 Å². The third-order valence-corrected chi connectivity index (χ3v) is 6.75. The highest BCUT2D eigenvalue weighted by molar-refractivity contribution is 7.12. The van der Waals surface area contributed by atoms with E-state index in [2.05, 4.69) is 36.0 Å². The van der Waals surface area contributed by atoms with E-state index in [0.29, 0.717) is 31.9 Å². The van der Waals surface area contributed by atoms with Gasteiger partial charge in [-0.05, 0) is 42.8 Å². The molecule has 2 aromatic heterocycles. The van der Waals surface area contributed by atoms with E-state index in [1.807, 2.05) is 13.1 Å². The highest BCUT2D eigenvalue weighted by atomic mass is 32.1. The molecule has 2 aliphatic rings. The number of piperazine rings is 1. The number of amides is 2. The maximum Gasteiger partial charge on any atom is 0.573 e. The van der Waals surface area contributed by atoms with Gasteiger partial charge in [-0.25, -0.2) is 19.7 Å². The molecule has 0 unspecified atom stereocenters. The number of aryl methyl sites for hydroxylation is 1. The molecule has 2 amide bonds. The van der Waals surface area contributed by atoms with Crippen molar-refractivity contribution >= 4 is 40.5 Å². The maximum atomic E-state index is 12.7. The number of fused-ring (bicyclic) bond motifs is 1. The fourth-order valence-electron chi connectivity index (χ4n) is 4.10. The first-order chi connectivity index (χ1) is 16.7. The number of aromatic nitrogens is 3. The summed E-state index contributed by atoms with van der Waals surface area (Å²) in [6, 6.07) is 4.74. The Morgan fingerprint density at radius 3 is 2.49 bits per heavy atom. The summed E-state index contributed by atoms with van der Waals surface area (Å²) in [5.41, 5.74) is 3.55. The smallest absolute Gasteiger partial charge is 0.406 e. The highest BCUT2D eigenvalue weighted by Gasteiger charge is 2.31. The van der Waals surface area contributed by atoms with E-state index < -0.39 is 6.36 Å². The van der Waals surface area contributed by atoms with Gasteiger partial charge < -0.3 is 19.9 Å². The topological polar surface area (TPSA) is 83.5 Å². The second-order valence-electron chi connectivity index (χ2n) is 8.12. The van der Waals surface area contributed by atoms with Crippen molar-refractivity contribution in [2.45, 2.75) is 19.7 Å². The van der Waals surface area contributed by atoms with Gasteiger partial charge in [0.15, 0.2) is 0 Å². The third kappa shape index (κ3) is 5.21. The van der Waals surface area contributed by atoms with Crippen LogP contribution in [-0.2, 0) is 6.42 Å². The molecule has 0 spiro atoms. The number of rotatable bonds is 4. The molecule has 0 atom stereocenters. The molecule has 3 heterocycles. The number of ether oxygens (including phenoxy) is 1. The van der Waals surface area contributed by atoms with Crippen molar-refractivity contribution in [3.8, 4) is 5.75 Å². The van der Waals surface area contributed by atoms with E-state index in [-0.39, 0.29) is 11.8 Å².